The predicted octanol–water partition coefficient (Wildman–Crippen LogP) is 5.84. The maximum atomic E-state index is 5.91. The van der Waals surface area contributed by atoms with Crippen LogP contribution in [-0.4, -0.2) is 19.8 Å². The van der Waals surface area contributed by atoms with Crippen molar-refractivity contribution in [3.8, 4) is 11.5 Å². The molecule has 3 nitrogen and oxygen atoms in total. The summed E-state index contributed by atoms with van der Waals surface area (Å²) in [7, 11) is 0. The lowest BCUT2D eigenvalue weighted by atomic mass is 9.87. The molecule has 1 saturated carbocycles. The van der Waals surface area contributed by atoms with Crippen molar-refractivity contribution in [2.24, 2.45) is 5.92 Å². The van der Waals surface area contributed by atoms with Crippen LogP contribution in [0.1, 0.15) is 44.1 Å². The van der Waals surface area contributed by atoms with Crippen molar-refractivity contribution in [1.82, 2.24) is 0 Å². The highest BCUT2D eigenvalue weighted by Crippen LogP contribution is 2.26. The molecule has 0 aromatic heterocycles. The fourth-order valence-electron chi connectivity index (χ4n) is 3.56. The Bertz CT molecular complexity index is 648. The van der Waals surface area contributed by atoms with E-state index in [1.54, 1.807) is 0 Å². The first kappa shape index (κ1) is 18.6. The highest BCUT2D eigenvalue weighted by molar-refractivity contribution is 5.46. The fourth-order valence-corrected chi connectivity index (χ4v) is 3.56. The Morgan fingerprint density at radius 3 is 2.42 bits per heavy atom. The molecule has 0 unspecified atom stereocenters. The second-order valence-electron chi connectivity index (χ2n) is 7.21. The molecule has 26 heavy (non-hydrogen) atoms. The van der Waals surface area contributed by atoms with E-state index in [0.717, 1.165) is 36.3 Å². The number of benzene rings is 2. The van der Waals surface area contributed by atoms with Crippen LogP contribution in [0.25, 0.3) is 0 Å². The summed E-state index contributed by atoms with van der Waals surface area (Å²) in [5.74, 6) is 2.79. The van der Waals surface area contributed by atoms with Gasteiger partial charge in [0.25, 0.3) is 0 Å². The number of aryl methyl sites for hydroxylation is 1. The largest absolute Gasteiger partial charge is 0.494 e. The monoisotopic (exact) mass is 353 g/mol. The molecule has 0 aliphatic heterocycles. The lowest BCUT2D eigenvalue weighted by molar-refractivity contribution is 0.246. The fraction of sp³-hybridized carbons (Fsp3) is 0.478. The quantitative estimate of drug-likeness (QED) is 0.575. The maximum Gasteiger partial charge on any atom is 0.122 e. The summed E-state index contributed by atoms with van der Waals surface area (Å²) in [6.45, 7) is 4.32. The highest BCUT2D eigenvalue weighted by atomic mass is 16.5. The third-order valence-corrected chi connectivity index (χ3v) is 5.16. The standard InChI is InChI=1S/C23H31NO2/c1-19-7-5-6-10-23(19)26-18-16-24-21-11-13-22(14-12-21)25-17-15-20-8-3-2-4-9-20/h5-7,10-14,20,24H,2-4,8-9,15-18H2,1H3. The minimum Gasteiger partial charge on any atom is -0.494 e. The van der Waals surface area contributed by atoms with E-state index in [1.165, 1.54) is 44.1 Å². The average molecular weight is 354 g/mol. The van der Waals surface area contributed by atoms with Crippen LogP contribution in [0.3, 0.4) is 0 Å². The van der Waals surface area contributed by atoms with Gasteiger partial charge < -0.3 is 14.8 Å². The Balaban J connectivity index is 1.33. The number of hydrogen-bond acceptors (Lipinski definition) is 3. The van der Waals surface area contributed by atoms with Crippen LogP contribution in [0, 0.1) is 12.8 Å². The minimum atomic E-state index is 0.643. The van der Waals surface area contributed by atoms with Crippen molar-refractivity contribution in [3.63, 3.8) is 0 Å². The molecule has 0 radical (unpaired) electrons. The zero-order chi connectivity index (χ0) is 18.0. The number of hydrogen-bond donors (Lipinski definition) is 1. The second-order valence-corrected chi connectivity index (χ2v) is 7.21. The first-order chi connectivity index (χ1) is 12.8. The van der Waals surface area contributed by atoms with Gasteiger partial charge in [-0.15, -0.1) is 0 Å². The van der Waals surface area contributed by atoms with E-state index in [2.05, 4.69) is 30.4 Å². The molecule has 2 aromatic rings. The smallest absolute Gasteiger partial charge is 0.122 e. The zero-order valence-corrected chi connectivity index (χ0v) is 15.9. The zero-order valence-electron chi connectivity index (χ0n) is 15.9. The Hall–Kier alpha value is -2.16. The second kappa shape index (κ2) is 10.1. The molecule has 1 aliphatic carbocycles. The van der Waals surface area contributed by atoms with E-state index in [-0.39, 0.29) is 0 Å². The van der Waals surface area contributed by atoms with Gasteiger partial charge in [0, 0.05) is 12.2 Å². The summed E-state index contributed by atoms with van der Waals surface area (Å²) >= 11 is 0. The highest BCUT2D eigenvalue weighted by Gasteiger charge is 2.13. The SMILES string of the molecule is Cc1ccccc1OCCNc1ccc(OCCC2CCCCC2)cc1. The summed E-state index contributed by atoms with van der Waals surface area (Å²) in [5.41, 5.74) is 2.26. The minimum absolute atomic E-state index is 0.643. The first-order valence-corrected chi connectivity index (χ1v) is 9.96. The van der Waals surface area contributed by atoms with Gasteiger partial charge in [0.2, 0.25) is 0 Å². The molecule has 0 heterocycles. The van der Waals surface area contributed by atoms with Gasteiger partial charge in [-0.2, -0.15) is 0 Å². The molecular weight excluding hydrogens is 322 g/mol. The number of anilines is 1. The Kier molecular flexibility index (Phi) is 7.24. The first-order valence-electron chi connectivity index (χ1n) is 9.96. The van der Waals surface area contributed by atoms with Gasteiger partial charge in [-0.25, -0.2) is 0 Å². The maximum absolute atomic E-state index is 5.91. The van der Waals surface area contributed by atoms with Gasteiger partial charge >= 0.3 is 0 Å². The lowest BCUT2D eigenvalue weighted by Crippen LogP contribution is -2.12. The van der Waals surface area contributed by atoms with E-state index in [1.807, 2.05) is 30.3 Å². The van der Waals surface area contributed by atoms with Gasteiger partial charge in [-0.05, 0) is 55.2 Å². The van der Waals surface area contributed by atoms with Gasteiger partial charge in [0.15, 0.2) is 0 Å². The number of rotatable bonds is 9. The van der Waals surface area contributed by atoms with Crippen LogP contribution >= 0.6 is 0 Å². The van der Waals surface area contributed by atoms with Gasteiger partial charge in [0.05, 0.1) is 6.61 Å². The molecule has 1 N–H and O–H groups in total. The lowest BCUT2D eigenvalue weighted by Gasteiger charge is -2.21. The molecule has 0 amide bonds. The predicted molar refractivity (Wildman–Crippen MR) is 108 cm³/mol. The summed E-state index contributed by atoms with van der Waals surface area (Å²) in [5, 5.41) is 3.39. The Morgan fingerprint density at radius 2 is 1.65 bits per heavy atom. The molecule has 0 spiro atoms. The Morgan fingerprint density at radius 1 is 0.885 bits per heavy atom. The van der Waals surface area contributed by atoms with Crippen LogP contribution in [0.2, 0.25) is 0 Å². The molecule has 0 saturated heterocycles. The molecule has 3 rings (SSSR count). The summed E-state index contributed by atoms with van der Waals surface area (Å²) < 4.78 is 11.7. The van der Waals surface area contributed by atoms with E-state index >= 15 is 0 Å². The van der Waals surface area contributed by atoms with Crippen LogP contribution in [0.15, 0.2) is 48.5 Å². The molecule has 0 bridgehead atoms. The van der Waals surface area contributed by atoms with Crippen molar-refractivity contribution >= 4 is 5.69 Å². The van der Waals surface area contributed by atoms with Crippen molar-refractivity contribution in [2.75, 3.05) is 25.1 Å². The van der Waals surface area contributed by atoms with Gasteiger partial charge in [0.1, 0.15) is 18.1 Å². The van der Waals surface area contributed by atoms with Crippen LogP contribution in [0.5, 0.6) is 11.5 Å². The molecular formula is C23H31NO2. The number of ether oxygens (including phenoxy) is 2. The summed E-state index contributed by atoms with van der Waals surface area (Å²) in [4.78, 5) is 0. The third kappa shape index (κ3) is 5.98. The van der Waals surface area contributed by atoms with Gasteiger partial charge in [-0.3, -0.25) is 0 Å². The normalized spacial score (nSPS) is 14.8. The molecule has 140 valence electrons. The van der Waals surface area contributed by atoms with Gasteiger partial charge in [-0.1, -0.05) is 50.3 Å². The number of para-hydroxylation sites is 1. The third-order valence-electron chi connectivity index (χ3n) is 5.16. The van der Waals surface area contributed by atoms with Crippen LogP contribution in [-0.2, 0) is 0 Å². The Labute approximate surface area is 157 Å². The molecule has 2 aromatic carbocycles. The van der Waals surface area contributed by atoms with E-state index in [4.69, 9.17) is 9.47 Å². The topological polar surface area (TPSA) is 30.5 Å². The molecule has 0 atom stereocenters. The summed E-state index contributed by atoms with van der Waals surface area (Å²) in [6, 6.07) is 16.3. The average Bonchev–Trinajstić information content (AvgIpc) is 2.68. The molecule has 1 fully saturated rings. The van der Waals surface area contributed by atoms with Crippen molar-refractivity contribution < 1.29 is 9.47 Å². The van der Waals surface area contributed by atoms with E-state index in [9.17, 15) is 0 Å². The van der Waals surface area contributed by atoms with E-state index < -0.39 is 0 Å². The van der Waals surface area contributed by atoms with Crippen LogP contribution < -0.4 is 14.8 Å². The molecule has 1 aliphatic rings. The van der Waals surface area contributed by atoms with Crippen molar-refractivity contribution in [3.05, 3.63) is 54.1 Å². The summed E-state index contributed by atoms with van der Waals surface area (Å²) in [6.07, 6.45) is 8.18. The van der Waals surface area contributed by atoms with E-state index in [0.29, 0.717) is 6.61 Å². The number of nitrogens with one attached hydrogen (secondary N) is 1. The van der Waals surface area contributed by atoms with Crippen LogP contribution in [0.4, 0.5) is 5.69 Å². The van der Waals surface area contributed by atoms with Crippen molar-refractivity contribution in [1.29, 1.82) is 0 Å². The molecule has 3 heteroatoms. The van der Waals surface area contributed by atoms with Crippen molar-refractivity contribution in [2.45, 2.75) is 45.4 Å².